The number of methoxy groups -OCH3 is 1. The van der Waals surface area contributed by atoms with Crippen molar-refractivity contribution in [1.29, 1.82) is 0 Å². The van der Waals surface area contributed by atoms with Crippen molar-refractivity contribution in [1.82, 2.24) is 0 Å². The van der Waals surface area contributed by atoms with E-state index in [1.165, 1.54) is 7.11 Å². The minimum Gasteiger partial charge on any atom is -0.480 e. The smallest absolute Gasteiger partial charge is 0.323 e. The molecule has 4 nitrogen and oxygen atoms in total. The molecule has 0 aromatic rings. The second kappa shape index (κ2) is 5.29. The molecule has 18 heavy (non-hydrogen) atoms. The lowest BCUT2D eigenvalue weighted by atomic mass is 9.63. The molecule has 0 atom stereocenters. The number of rotatable bonds is 4. The highest BCUT2D eigenvalue weighted by Gasteiger charge is 2.51. The monoisotopic (exact) mass is 256 g/mol. The summed E-state index contributed by atoms with van der Waals surface area (Å²) < 4.78 is 4.68. The van der Waals surface area contributed by atoms with E-state index in [1.807, 2.05) is 0 Å². The number of aliphatic carboxylic acids is 1. The third kappa shape index (κ3) is 2.52. The summed E-state index contributed by atoms with van der Waals surface area (Å²) in [6.45, 7) is 6.58. The first kappa shape index (κ1) is 15.0. The molecule has 1 saturated carbocycles. The fraction of sp³-hybridized carbons (Fsp3) is 0.857. The summed E-state index contributed by atoms with van der Waals surface area (Å²) in [7, 11) is 1.26. The normalized spacial score (nSPS) is 28.8. The van der Waals surface area contributed by atoms with Crippen molar-refractivity contribution in [2.75, 3.05) is 7.11 Å². The van der Waals surface area contributed by atoms with Crippen molar-refractivity contribution in [3.05, 3.63) is 0 Å². The molecule has 0 aromatic heterocycles. The van der Waals surface area contributed by atoms with Gasteiger partial charge in [-0.1, -0.05) is 27.2 Å². The maximum absolute atomic E-state index is 11.8. The Hall–Kier alpha value is -1.06. The van der Waals surface area contributed by atoms with Crippen LogP contribution in [0.15, 0.2) is 0 Å². The first-order valence-corrected chi connectivity index (χ1v) is 6.62. The predicted molar refractivity (Wildman–Crippen MR) is 68.1 cm³/mol. The first-order chi connectivity index (χ1) is 8.30. The zero-order valence-corrected chi connectivity index (χ0v) is 11.8. The molecule has 4 heteroatoms. The lowest BCUT2D eigenvalue weighted by molar-refractivity contribution is -0.171. The van der Waals surface area contributed by atoms with Crippen LogP contribution in [0, 0.1) is 16.7 Å². The maximum atomic E-state index is 11.8. The Balaban J connectivity index is 2.82. The molecule has 104 valence electrons. The molecule has 0 aromatic carbocycles. The summed E-state index contributed by atoms with van der Waals surface area (Å²) >= 11 is 0. The van der Waals surface area contributed by atoms with Crippen LogP contribution < -0.4 is 0 Å². The molecule has 0 unspecified atom stereocenters. The van der Waals surface area contributed by atoms with Crippen molar-refractivity contribution < 1.29 is 19.4 Å². The molecule has 0 heterocycles. The molecule has 0 spiro atoms. The average molecular weight is 256 g/mol. The van der Waals surface area contributed by atoms with E-state index in [0.29, 0.717) is 18.8 Å². The van der Waals surface area contributed by atoms with E-state index in [9.17, 15) is 14.7 Å². The Morgan fingerprint density at radius 1 is 1.33 bits per heavy atom. The van der Waals surface area contributed by atoms with Crippen LogP contribution in [0.1, 0.15) is 52.9 Å². The van der Waals surface area contributed by atoms with Crippen LogP contribution in [0.25, 0.3) is 0 Å². The summed E-state index contributed by atoms with van der Waals surface area (Å²) in [6, 6.07) is 0. The summed E-state index contributed by atoms with van der Waals surface area (Å²) in [5.41, 5.74) is -1.10. The molecule has 0 radical (unpaired) electrons. The minimum absolute atomic E-state index is 0.209. The van der Waals surface area contributed by atoms with E-state index in [-0.39, 0.29) is 5.41 Å². The zero-order chi connectivity index (χ0) is 14.0. The molecule has 1 aliphatic rings. The maximum Gasteiger partial charge on any atom is 0.323 e. The van der Waals surface area contributed by atoms with Crippen molar-refractivity contribution >= 4 is 11.9 Å². The predicted octanol–water partition coefficient (Wildman–Crippen LogP) is 2.86. The fourth-order valence-corrected chi connectivity index (χ4v) is 2.88. The van der Waals surface area contributed by atoms with Gasteiger partial charge in [-0.3, -0.25) is 9.59 Å². The van der Waals surface area contributed by atoms with E-state index in [2.05, 4.69) is 25.5 Å². The Morgan fingerprint density at radius 2 is 1.83 bits per heavy atom. The number of carboxylic acids is 1. The number of ether oxygens (including phenoxy) is 1. The first-order valence-electron chi connectivity index (χ1n) is 6.62. The van der Waals surface area contributed by atoms with Gasteiger partial charge in [0.2, 0.25) is 0 Å². The lowest BCUT2D eigenvalue weighted by Crippen LogP contribution is -2.45. The summed E-state index contributed by atoms with van der Waals surface area (Å²) in [5.74, 6) is -1.15. The fourth-order valence-electron chi connectivity index (χ4n) is 2.88. The van der Waals surface area contributed by atoms with E-state index >= 15 is 0 Å². The van der Waals surface area contributed by atoms with Gasteiger partial charge in [0.15, 0.2) is 5.41 Å². The average Bonchev–Trinajstić information content (AvgIpc) is 2.37. The van der Waals surface area contributed by atoms with E-state index < -0.39 is 17.4 Å². The second-order valence-corrected chi connectivity index (χ2v) is 6.00. The molecule has 0 amide bonds. The number of carbonyl (C=O) groups is 2. The minimum atomic E-state index is -1.31. The Kier molecular flexibility index (Phi) is 4.41. The highest BCUT2D eigenvalue weighted by molar-refractivity contribution is 5.99. The molecular formula is C14H24O4. The molecule has 0 bridgehead atoms. The zero-order valence-electron chi connectivity index (χ0n) is 11.8. The topological polar surface area (TPSA) is 63.6 Å². The highest BCUT2D eigenvalue weighted by Crippen LogP contribution is 2.47. The van der Waals surface area contributed by atoms with Gasteiger partial charge in [-0.15, -0.1) is 0 Å². The number of esters is 1. The summed E-state index contributed by atoms with van der Waals surface area (Å²) in [6.07, 6.45) is 3.41. The van der Waals surface area contributed by atoms with E-state index in [1.54, 1.807) is 0 Å². The van der Waals surface area contributed by atoms with Crippen molar-refractivity contribution in [3.63, 3.8) is 0 Å². The van der Waals surface area contributed by atoms with E-state index in [4.69, 9.17) is 0 Å². The Bertz CT molecular complexity index is 325. The van der Waals surface area contributed by atoms with Crippen molar-refractivity contribution in [3.8, 4) is 0 Å². The van der Waals surface area contributed by atoms with Crippen LogP contribution in [0.4, 0.5) is 0 Å². The third-order valence-corrected chi connectivity index (χ3v) is 4.84. The molecular weight excluding hydrogens is 232 g/mol. The number of carboxylic acid groups (broad SMARTS) is 1. The van der Waals surface area contributed by atoms with Gasteiger partial charge in [-0.05, 0) is 37.0 Å². The summed E-state index contributed by atoms with van der Waals surface area (Å²) in [4.78, 5) is 23.2. The quantitative estimate of drug-likeness (QED) is 0.620. The third-order valence-electron chi connectivity index (χ3n) is 4.84. The van der Waals surface area contributed by atoms with Gasteiger partial charge >= 0.3 is 11.9 Å². The molecule has 0 aliphatic heterocycles. The summed E-state index contributed by atoms with van der Waals surface area (Å²) in [5, 5.41) is 9.34. The Morgan fingerprint density at radius 3 is 2.17 bits per heavy atom. The molecule has 0 saturated heterocycles. The molecule has 1 aliphatic carbocycles. The van der Waals surface area contributed by atoms with Gasteiger partial charge in [0, 0.05) is 0 Å². The molecule has 1 fully saturated rings. The van der Waals surface area contributed by atoms with Gasteiger partial charge in [-0.25, -0.2) is 0 Å². The lowest BCUT2D eigenvalue weighted by Gasteiger charge is -2.41. The van der Waals surface area contributed by atoms with Crippen LogP contribution in [-0.4, -0.2) is 24.2 Å². The Labute approximate surface area is 109 Å². The van der Waals surface area contributed by atoms with Crippen LogP contribution in [-0.2, 0) is 14.3 Å². The van der Waals surface area contributed by atoms with Crippen LogP contribution in [0.5, 0.6) is 0 Å². The van der Waals surface area contributed by atoms with Gasteiger partial charge < -0.3 is 9.84 Å². The van der Waals surface area contributed by atoms with Crippen molar-refractivity contribution in [2.24, 2.45) is 16.7 Å². The van der Waals surface area contributed by atoms with Gasteiger partial charge in [0.05, 0.1) is 7.11 Å². The van der Waals surface area contributed by atoms with Gasteiger partial charge in [0.25, 0.3) is 0 Å². The van der Waals surface area contributed by atoms with E-state index in [0.717, 1.165) is 19.3 Å². The van der Waals surface area contributed by atoms with Crippen molar-refractivity contribution in [2.45, 2.75) is 52.9 Å². The number of hydrogen-bond donors (Lipinski definition) is 1. The van der Waals surface area contributed by atoms with Crippen LogP contribution >= 0.6 is 0 Å². The standard InChI is InChI=1S/C14H24O4/c1-5-13(2,3)10-6-8-14(9-7-10,11(15)16)12(17)18-4/h10H,5-9H2,1-4H3,(H,15,16). The van der Waals surface area contributed by atoms with Gasteiger partial charge in [0.1, 0.15) is 0 Å². The molecule has 1 rings (SSSR count). The van der Waals surface area contributed by atoms with Crippen LogP contribution in [0.2, 0.25) is 0 Å². The second-order valence-electron chi connectivity index (χ2n) is 6.00. The van der Waals surface area contributed by atoms with Gasteiger partial charge in [-0.2, -0.15) is 0 Å². The van der Waals surface area contributed by atoms with Crippen LogP contribution in [0.3, 0.4) is 0 Å². The number of hydrogen-bond acceptors (Lipinski definition) is 3. The largest absolute Gasteiger partial charge is 0.480 e. The number of carbonyl (C=O) groups excluding carboxylic acids is 1. The highest BCUT2D eigenvalue weighted by atomic mass is 16.5. The SMILES string of the molecule is CCC(C)(C)C1CCC(C(=O)O)(C(=O)OC)CC1. The molecule has 1 N–H and O–H groups in total.